The van der Waals surface area contributed by atoms with Crippen molar-refractivity contribution in [3.8, 4) is 0 Å². The van der Waals surface area contributed by atoms with Gasteiger partial charge in [-0.1, -0.05) is 19.5 Å². The van der Waals surface area contributed by atoms with Gasteiger partial charge in [0.2, 0.25) is 0 Å². The van der Waals surface area contributed by atoms with E-state index in [-0.39, 0.29) is 0 Å². The maximum absolute atomic E-state index is 5.23. The van der Waals surface area contributed by atoms with E-state index in [1.165, 1.54) is 6.04 Å². The van der Waals surface area contributed by atoms with Crippen LogP contribution in [0.4, 0.5) is 0 Å². The van der Waals surface area contributed by atoms with E-state index in [0.29, 0.717) is 0 Å². The van der Waals surface area contributed by atoms with Crippen LogP contribution in [0.25, 0.3) is 0 Å². The molecule has 1 nitrogen and oxygen atoms in total. The average Bonchev–Trinajstić information content (AvgIpc) is 1.82. The third-order valence-electron chi connectivity index (χ3n) is 1.27. The molecule has 0 aliphatic rings. The van der Waals surface area contributed by atoms with Gasteiger partial charge in [-0.2, -0.15) is 0 Å². The summed E-state index contributed by atoms with van der Waals surface area (Å²) < 4.78 is 5.23. The molecule has 54 valence electrons. The molecule has 1 atom stereocenters. The Bertz CT molecular complexity index is 81.0. The molecule has 0 heterocycles. The lowest BCUT2D eigenvalue weighted by Crippen LogP contribution is -2.14. The molecule has 0 N–H and O–H groups in total. The van der Waals surface area contributed by atoms with E-state index in [2.05, 4.69) is 20.4 Å². The maximum atomic E-state index is 5.23. The number of hydrogen-bond acceptors (Lipinski definition) is 1. The summed E-state index contributed by atoms with van der Waals surface area (Å²) in [6.45, 7) is 8.14. The summed E-state index contributed by atoms with van der Waals surface area (Å²) >= 11 is 0. The van der Waals surface area contributed by atoms with Gasteiger partial charge in [0.15, 0.2) is 9.04 Å². The second-order valence-corrected chi connectivity index (χ2v) is 5.13. The molecule has 2 heteroatoms. The summed E-state index contributed by atoms with van der Waals surface area (Å²) in [5, 5.41) is 0. The van der Waals surface area contributed by atoms with Gasteiger partial charge >= 0.3 is 0 Å². The third-order valence-corrected chi connectivity index (χ3v) is 3.81. The molecule has 0 saturated heterocycles. The van der Waals surface area contributed by atoms with Crippen LogP contribution in [0.3, 0.4) is 0 Å². The monoisotopic (exact) mass is 144 g/mol. The topological polar surface area (TPSA) is 9.23 Å². The van der Waals surface area contributed by atoms with Crippen molar-refractivity contribution in [1.29, 1.82) is 0 Å². The minimum absolute atomic E-state index is 0.750. The zero-order chi connectivity index (χ0) is 7.28. The zero-order valence-corrected chi connectivity index (χ0v) is 7.71. The number of rotatable bonds is 4. The zero-order valence-electron chi connectivity index (χ0n) is 6.55. The lowest BCUT2D eigenvalue weighted by atomic mass is 10.3. The Kier molecular flexibility index (Phi) is 4.72. The summed E-state index contributed by atoms with van der Waals surface area (Å²) in [5.74, 6) is 0.750. The highest BCUT2D eigenvalue weighted by Gasteiger charge is 2.06. The Labute approximate surface area is 59.5 Å². The second kappa shape index (κ2) is 4.76. The van der Waals surface area contributed by atoms with Crippen LogP contribution in [0.1, 0.15) is 13.8 Å². The fraction of sp³-hybridized carbons (Fsp3) is 0.714. The summed E-state index contributed by atoms with van der Waals surface area (Å²) in [4.78, 5) is 0. The van der Waals surface area contributed by atoms with Gasteiger partial charge in [0.05, 0.1) is 0 Å². The highest BCUT2D eigenvalue weighted by Crippen LogP contribution is 2.05. The first-order valence-electron chi connectivity index (χ1n) is 3.36. The van der Waals surface area contributed by atoms with Crippen LogP contribution in [0.15, 0.2) is 12.3 Å². The average molecular weight is 144 g/mol. The van der Waals surface area contributed by atoms with Crippen LogP contribution in [-0.2, 0) is 4.43 Å². The van der Waals surface area contributed by atoms with E-state index in [1.54, 1.807) is 7.11 Å². The Hall–Kier alpha value is -0.0831. The van der Waals surface area contributed by atoms with Crippen molar-refractivity contribution in [3.05, 3.63) is 12.3 Å². The van der Waals surface area contributed by atoms with E-state index >= 15 is 0 Å². The first-order valence-corrected chi connectivity index (χ1v) is 5.31. The molecule has 1 unspecified atom stereocenters. The van der Waals surface area contributed by atoms with Crippen molar-refractivity contribution >= 4 is 9.04 Å². The van der Waals surface area contributed by atoms with Crippen molar-refractivity contribution in [3.63, 3.8) is 0 Å². The van der Waals surface area contributed by atoms with E-state index < -0.39 is 9.04 Å². The molecule has 0 aliphatic heterocycles. The highest BCUT2D eigenvalue weighted by molar-refractivity contribution is 6.57. The summed E-state index contributed by atoms with van der Waals surface area (Å²) in [5.41, 5.74) is 1.99. The van der Waals surface area contributed by atoms with Gasteiger partial charge in [-0.25, -0.2) is 0 Å². The van der Waals surface area contributed by atoms with Crippen LogP contribution in [-0.4, -0.2) is 16.2 Å². The van der Waals surface area contributed by atoms with Gasteiger partial charge < -0.3 is 4.43 Å². The summed E-state index contributed by atoms with van der Waals surface area (Å²) in [7, 11) is 0.793. The predicted octanol–water partition coefficient (Wildman–Crippen LogP) is 1.74. The SMILES string of the molecule is C=C[SiH](CC(C)C)OC. The van der Waals surface area contributed by atoms with Gasteiger partial charge in [0.25, 0.3) is 0 Å². The molecule has 0 bridgehead atoms. The van der Waals surface area contributed by atoms with E-state index in [0.717, 1.165) is 5.92 Å². The van der Waals surface area contributed by atoms with E-state index in [1.807, 2.05) is 5.70 Å². The lowest BCUT2D eigenvalue weighted by Gasteiger charge is -2.09. The molecule has 0 radical (unpaired) electrons. The maximum Gasteiger partial charge on any atom is 0.200 e. The van der Waals surface area contributed by atoms with Gasteiger partial charge in [-0.15, -0.1) is 6.58 Å². The minimum Gasteiger partial charge on any atom is -0.419 e. The predicted molar refractivity (Wildman–Crippen MR) is 44.0 cm³/mol. The Morgan fingerprint density at radius 3 is 2.33 bits per heavy atom. The van der Waals surface area contributed by atoms with Gasteiger partial charge in [0, 0.05) is 7.11 Å². The molecule has 0 aromatic heterocycles. The summed E-state index contributed by atoms with van der Waals surface area (Å²) in [6, 6.07) is 1.21. The molecule has 9 heavy (non-hydrogen) atoms. The molecule has 0 fully saturated rings. The molecular weight excluding hydrogens is 128 g/mol. The fourth-order valence-electron chi connectivity index (χ4n) is 0.753. The van der Waals surface area contributed by atoms with Crippen LogP contribution < -0.4 is 0 Å². The van der Waals surface area contributed by atoms with Crippen LogP contribution in [0.5, 0.6) is 0 Å². The van der Waals surface area contributed by atoms with Crippen LogP contribution in [0, 0.1) is 5.92 Å². The van der Waals surface area contributed by atoms with Crippen LogP contribution in [0.2, 0.25) is 6.04 Å². The standard InChI is InChI=1S/C7H16OSi/c1-5-9(8-4)6-7(2)3/h5,7,9H,1,6H2,2-4H3. The third kappa shape index (κ3) is 4.42. The molecule has 0 rings (SSSR count). The normalized spacial score (nSPS) is 13.8. The molecule has 0 amide bonds. The second-order valence-electron chi connectivity index (χ2n) is 2.64. The van der Waals surface area contributed by atoms with Crippen molar-refractivity contribution in [2.45, 2.75) is 19.9 Å². The minimum atomic E-state index is -0.986. The Morgan fingerprint density at radius 2 is 2.22 bits per heavy atom. The molecule has 0 saturated carbocycles. The van der Waals surface area contributed by atoms with Gasteiger partial charge in [0.1, 0.15) is 0 Å². The van der Waals surface area contributed by atoms with E-state index in [9.17, 15) is 0 Å². The first-order chi connectivity index (χ1) is 4.20. The van der Waals surface area contributed by atoms with Gasteiger partial charge in [-0.3, -0.25) is 0 Å². The Morgan fingerprint density at radius 1 is 1.67 bits per heavy atom. The quantitative estimate of drug-likeness (QED) is 0.546. The van der Waals surface area contributed by atoms with Crippen molar-refractivity contribution in [2.24, 2.45) is 5.92 Å². The largest absolute Gasteiger partial charge is 0.419 e. The molecule has 0 aliphatic carbocycles. The van der Waals surface area contributed by atoms with Crippen LogP contribution >= 0.6 is 0 Å². The Balaban J connectivity index is 3.42. The van der Waals surface area contributed by atoms with Gasteiger partial charge in [-0.05, 0) is 12.0 Å². The van der Waals surface area contributed by atoms with Crippen molar-refractivity contribution < 1.29 is 4.43 Å². The first kappa shape index (κ1) is 8.92. The smallest absolute Gasteiger partial charge is 0.200 e. The van der Waals surface area contributed by atoms with E-state index in [4.69, 9.17) is 4.43 Å². The highest BCUT2D eigenvalue weighted by atomic mass is 28.3. The molecule has 0 aromatic rings. The number of hydrogen-bond donors (Lipinski definition) is 0. The molecular formula is C7H16OSi. The molecule has 0 spiro atoms. The van der Waals surface area contributed by atoms with Crippen molar-refractivity contribution in [2.75, 3.05) is 7.11 Å². The lowest BCUT2D eigenvalue weighted by molar-refractivity contribution is 0.421. The van der Waals surface area contributed by atoms with Crippen molar-refractivity contribution in [1.82, 2.24) is 0 Å². The molecule has 0 aromatic carbocycles. The summed E-state index contributed by atoms with van der Waals surface area (Å²) in [6.07, 6.45) is 0. The fourth-order valence-corrected chi connectivity index (χ4v) is 2.26.